The topological polar surface area (TPSA) is 72.4 Å². The minimum absolute atomic E-state index is 0.0211. The number of hydrogen-bond acceptors (Lipinski definition) is 5. The van der Waals surface area contributed by atoms with Gasteiger partial charge in [-0.1, -0.05) is 0 Å². The molecule has 4 heterocycles. The summed E-state index contributed by atoms with van der Waals surface area (Å²) in [6.45, 7) is 0. The van der Waals surface area contributed by atoms with Crippen molar-refractivity contribution in [3.8, 4) is 11.3 Å². The average Bonchev–Trinajstić information content (AvgIpc) is 3.24. The van der Waals surface area contributed by atoms with E-state index >= 15 is 0 Å². The van der Waals surface area contributed by atoms with Crippen molar-refractivity contribution < 1.29 is 8.78 Å². The standard InChI is InChI=1S/C19H17F2N7/c20-19(21)10-18(11-19)7-12(8-18)24-17-23-9-15-13(3-5-27(15)26-17)14-1-2-16-22-4-6-28(16)25-14/h1-6,9,12H,7-8,10-11H2,(H,24,26). The van der Waals surface area contributed by atoms with Gasteiger partial charge in [0.25, 0.3) is 0 Å². The van der Waals surface area contributed by atoms with Crippen molar-refractivity contribution in [1.82, 2.24) is 29.2 Å². The summed E-state index contributed by atoms with van der Waals surface area (Å²) in [4.78, 5) is 8.63. The van der Waals surface area contributed by atoms with E-state index in [9.17, 15) is 8.78 Å². The highest BCUT2D eigenvalue weighted by atomic mass is 19.3. The number of halogens is 2. The third kappa shape index (κ3) is 2.38. The Morgan fingerprint density at radius 3 is 2.68 bits per heavy atom. The number of rotatable bonds is 3. The smallest absolute Gasteiger partial charge is 0.249 e. The molecule has 0 aliphatic heterocycles. The molecule has 2 aliphatic rings. The van der Waals surface area contributed by atoms with Crippen LogP contribution in [0.4, 0.5) is 14.7 Å². The largest absolute Gasteiger partial charge is 0.350 e. The number of imidazole rings is 1. The lowest BCUT2D eigenvalue weighted by molar-refractivity contribution is -0.193. The van der Waals surface area contributed by atoms with Gasteiger partial charge in [-0.3, -0.25) is 0 Å². The second kappa shape index (κ2) is 5.24. The van der Waals surface area contributed by atoms with Crippen LogP contribution in [0.2, 0.25) is 0 Å². The Hall–Kier alpha value is -3.10. The predicted molar refractivity (Wildman–Crippen MR) is 98.2 cm³/mol. The van der Waals surface area contributed by atoms with Crippen molar-refractivity contribution in [2.45, 2.75) is 37.6 Å². The highest BCUT2D eigenvalue weighted by molar-refractivity contribution is 5.78. The van der Waals surface area contributed by atoms with Gasteiger partial charge in [0.05, 0.1) is 17.4 Å². The van der Waals surface area contributed by atoms with Gasteiger partial charge >= 0.3 is 0 Å². The lowest BCUT2D eigenvalue weighted by Crippen LogP contribution is -2.57. The molecule has 0 atom stereocenters. The van der Waals surface area contributed by atoms with Crippen molar-refractivity contribution in [1.29, 1.82) is 0 Å². The Morgan fingerprint density at radius 2 is 1.86 bits per heavy atom. The number of hydrogen-bond donors (Lipinski definition) is 1. The van der Waals surface area contributed by atoms with E-state index in [1.165, 1.54) is 0 Å². The monoisotopic (exact) mass is 381 g/mol. The van der Waals surface area contributed by atoms with Crippen molar-refractivity contribution in [3.05, 3.63) is 43.0 Å². The molecule has 9 heteroatoms. The van der Waals surface area contributed by atoms with Crippen LogP contribution in [-0.2, 0) is 0 Å². The number of nitrogens with zero attached hydrogens (tertiary/aromatic N) is 6. The van der Waals surface area contributed by atoms with Gasteiger partial charge in [0, 0.05) is 43.0 Å². The summed E-state index contributed by atoms with van der Waals surface area (Å²) in [5, 5.41) is 12.4. The summed E-state index contributed by atoms with van der Waals surface area (Å²) in [5.74, 6) is -1.95. The first kappa shape index (κ1) is 15.9. The molecule has 4 aromatic heterocycles. The molecule has 0 unspecified atom stereocenters. The molecule has 4 aromatic rings. The molecule has 28 heavy (non-hydrogen) atoms. The van der Waals surface area contributed by atoms with E-state index in [-0.39, 0.29) is 24.3 Å². The Kier molecular flexibility index (Phi) is 2.98. The highest BCUT2D eigenvalue weighted by Gasteiger charge is 2.61. The Labute approximate surface area is 158 Å². The third-order valence-corrected chi connectivity index (χ3v) is 5.91. The molecule has 0 aromatic carbocycles. The van der Waals surface area contributed by atoms with Crippen LogP contribution < -0.4 is 5.32 Å². The maximum absolute atomic E-state index is 13.1. The first-order valence-electron chi connectivity index (χ1n) is 9.28. The molecule has 1 N–H and O–H groups in total. The summed E-state index contributed by atoms with van der Waals surface area (Å²) in [6, 6.07) is 5.95. The quantitative estimate of drug-likeness (QED) is 0.589. The van der Waals surface area contributed by atoms with Crippen molar-refractivity contribution in [2.24, 2.45) is 5.41 Å². The second-order valence-electron chi connectivity index (χ2n) is 8.05. The molecule has 0 amide bonds. The highest BCUT2D eigenvalue weighted by Crippen LogP contribution is 2.62. The van der Waals surface area contributed by atoms with E-state index in [2.05, 4.69) is 25.5 Å². The van der Waals surface area contributed by atoms with Crippen molar-refractivity contribution >= 4 is 17.1 Å². The van der Waals surface area contributed by atoms with Gasteiger partial charge in [0.2, 0.25) is 11.9 Å². The molecular weight excluding hydrogens is 364 g/mol. The van der Waals surface area contributed by atoms with Crippen LogP contribution in [0.3, 0.4) is 0 Å². The van der Waals surface area contributed by atoms with Gasteiger partial charge in [-0.25, -0.2) is 27.8 Å². The van der Waals surface area contributed by atoms with Crippen LogP contribution >= 0.6 is 0 Å². The molecule has 0 radical (unpaired) electrons. The van der Waals surface area contributed by atoms with E-state index in [0.29, 0.717) is 5.95 Å². The summed E-state index contributed by atoms with van der Waals surface area (Å²) in [7, 11) is 0. The lowest BCUT2D eigenvalue weighted by Gasteiger charge is -2.57. The van der Waals surface area contributed by atoms with Crippen molar-refractivity contribution in [2.75, 3.05) is 5.32 Å². The SMILES string of the molecule is FC1(F)CC2(CC(Nc3ncc4c(-c5ccc6nccn6n5)ccn4n3)C2)C1. The molecule has 142 valence electrons. The van der Waals surface area contributed by atoms with Gasteiger partial charge in [-0.15, -0.1) is 5.10 Å². The molecule has 6 rings (SSSR count). The van der Waals surface area contributed by atoms with Crippen LogP contribution in [0.25, 0.3) is 22.4 Å². The van der Waals surface area contributed by atoms with Crippen LogP contribution in [0.5, 0.6) is 0 Å². The first-order valence-corrected chi connectivity index (χ1v) is 9.28. The molecule has 2 aliphatic carbocycles. The Bertz CT molecular complexity index is 1200. The zero-order valence-corrected chi connectivity index (χ0v) is 14.9. The maximum Gasteiger partial charge on any atom is 0.249 e. The summed E-state index contributed by atoms with van der Waals surface area (Å²) >= 11 is 0. The molecular formula is C19H17F2N7. The fraction of sp³-hybridized carbons (Fsp3) is 0.368. The summed E-state index contributed by atoms with van der Waals surface area (Å²) in [6.07, 6.45) is 8.70. The number of nitrogens with one attached hydrogen (secondary N) is 1. The Morgan fingerprint density at radius 1 is 1.00 bits per heavy atom. The second-order valence-corrected chi connectivity index (χ2v) is 8.05. The minimum Gasteiger partial charge on any atom is -0.350 e. The van der Waals surface area contributed by atoms with Crippen molar-refractivity contribution in [3.63, 3.8) is 0 Å². The third-order valence-electron chi connectivity index (χ3n) is 5.91. The fourth-order valence-electron chi connectivity index (χ4n) is 4.75. The summed E-state index contributed by atoms with van der Waals surface area (Å²) in [5.41, 5.74) is 3.22. The predicted octanol–water partition coefficient (Wildman–Crippen LogP) is 3.43. The molecule has 0 bridgehead atoms. The van der Waals surface area contributed by atoms with Gasteiger partial charge < -0.3 is 5.32 Å². The van der Waals surface area contributed by atoms with Crippen LogP contribution in [0, 0.1) is 5.41 Å². The van der Waals surface area contributed by atoms with E-state index in [4.69, 9.17) is 0 Å². The summed E-state index contributed by atoms with van der Waals surface area (Å²) < 4.78 is 29.8. The number of aromatic nitrogens is 6. The van der Waals surface area contributed by atoms with E-state index in [1.54, 1.807) is 27.6 Å². The van der Waals surface area contributed by atoms with E-state index in [1.807, 2.05) is 24.4 Å². The van der Waals surface area contributed by atoms with Gasteiger partial charge in [-0.2, -0.15) is 5.10 Å². The van der Waals surface area contributed by atoms with Crippen LogP contribution in [-0.4, -0.2) is 41.2 Å². The van der Waals surface area contributed by atoms with E-state index < -0.39 is 5.92 Å². The minimum atomic E-state index is -2.46. The van der Waals surface area contributed by atoms with Crippen LogP contribution in [0.1, 0.15) is 25.7 Å². The van der Waals surface area contributed by atoms with E-state index in [0.717, 1.165) is 35.3 Å². The molecule has 2 saturated carbocycles. The zero-order valence-electron chi connectivity index (χ0n) is 14.9. The molecule has 7 nitrogen and oxygen atoms in total. The lowest BCUT2D eigenvalue weighted by atomic mass is 9.52. The molecule has 2 fully saturated rings. The number of alkyl halides is 2. The van der Waals surface area contributed by atoms with Gasteiger partial charge in [0.1, 0.15) is 0 Å². The first-order chi connectivity index (χ1) is 13.5. The average molecular weight is 381 g/mol. The number of anilines is 1. The Balaban J connectivity index is 1.22. The fourth-order valence-corrected chi connectivity index (χ4v) is 4.75. The van der Waals surface area contributed by atoms with Gasteiger partial charge in [-0.05, 0) is 36.5 Å². The number of fused-ring (bicyclic) bond motifs is 2. The zero-order chi connectivity index (χ0) is 18.9. The van der Waals surface area contributed by atoms with Crippen LogP contribution in [0.15, 0.2) is 43.0 Å². The maximum atomic E-state index is 13.1. The molecule has 1 spiro atoms. The van der Waals surface area contributed by atoms with Gasteiger partial charge in [0.15, 0.2) is 5.65 Å². The molecule has 0 saturated heterocycles. The normalized spacial score (nSPS) is 20.4.